The topological polar surface area (TPSA) is 13.0 Å². The van der Waals surface area contributed by atoms with Crippen LogP contribution in [0.4, 0.5) is 0 Å². The maximum Gasteiger partial charge on any atom is 0.138 e. The first-order chi connectivity index (χ1) is 6.09. The number of nitrogens with zero attached hydrogens (tertiary/aromatic N) is 4. The standard InChI is InChI=1S/C5H6Cl4N4/c6-10-1-4-5(12(8)2-10)13(9)3-11(4)7/h1,5H,2-3H2. The third-order valence-electron chi connectivity index (χ3n) is 1.88. The molecule has 0 aromatic carbocycles. The monoisotopic (exact) mass is 262 g/mol. The molecular formula is C5H6Cl4N4. The van der Waals surface area contributed by atoms with Gasteiger partial charge in [-0.15, -0.1) is 0 Å². The van der Waals surface area contributed by atoms with Gasteiger partial charge in [-0.2, -0.15) is 8.84 Å². The van der Waals surface area contributed by atoms with E-state index in [1.54, 1.807) is 6.20 Å². The second-order valence-corrected chi connectivity index (χ2v) is 4.48. The maximum absolute atomic E-state index is 5.93. The average molecular weight is 264 g/mol. The molecule has 74 valence electrons. The summed E-state index contributed by atoms with van der Waals surface area (Å²) in [5.74, 6) is 0. The predicted octanol–water partition coefficient (Wildman–Crippen LogP) is 1.92. The van der Waals surface area contributed by atoms with Crippen molar-refractivity contribution in [3.05, 3.63) is 11.9 Å². The maximum atomic E-state index is 5.93. The Balaban J connectivity index is 2.29. The Morgan fingerprint density at radius 2 is 1.69 bits per heavy atom. The molecule has 8 heteroatoms. The van der Waals surface area contributed by atoms with Gasteiger partial charge in [-0.3, -0.25) is 8.84 Å². The fourth-order valence-corrected chi connectivity index (χ4v) is 2.59. The molecule has 4 nitrogen and oxygen atoms in total. The lowest BCUT2D eigenvalue weighted by molar-refractivity contribution is 0.209. The Morgan fingerprint density at radius 1 is 1.08 bits per heavy atom. The number of hydrogen-bond donors (Lipinski definition) is 0. The van der Waals surface area contributed by atoms with E-state index in [1.807, 2.05) is 0 Å². The largest absolute Gasteiger partial charge is 0.275 e. The van der Waals surface area contributed by atoms with Crippen LogP contribution in [-0.4, -0.2) is 37.2 Å². The molecule has 1 atom stereocenters. The highest BCUT2D eigenvalue weighted by molar-refractivity contribution is 6.20. The Kier molecular flexibility index (Phi) is 2.70. The molecule has 2 aliphatic rings. The van der Waals surface area contributed by atoms with Crippen molar-refractivity contribution in [2.24, 2.45) is 0 Å². The van der Waals surface area contributed by atoms with E-state index in [2.05, 4.69) is 0 Å². The van der Waals surface area contributed by atoms with Crippen LogP contribution in [-0.2, 0) is 0 Å². The molecule has 0 saturated carbocycles. The summed E-state index contributed by atoms with van der Waals surface area (Å²) in [5, 5.41) is 0. The molecule has 2 heterocycles. The summed E-state index contributed by atoms with van der Waals surface area (Å²) in [4.78, 5) is 0. The molecule has 1 saturated heterocycles. The van der Waals surface area contributed by atoms with Gasteiger partial charge in [0.15, 0.2) is 0 Å². The highest BCUT2D eigenvalue weighted by Gasteiger charge is 2.40. The molecule has 1 unspecified atom stereocenters. The normalized spacial score (nSPS) is 30.8. The van der Waals surface area contributed by atoms with Crippen LogP contribution in [0, 0.1) is 0 Å². The van der Waals surface area contributed by atoms with Gasteiger partial charge in [0, 0.05) is 29.8 Å². The van der Waals surface area contributed by atoms with Crippen LogP contribution in [0.5, 0.6) is 0 Å². The van der Waals surface area contributed by atoms with Crippen molar-refractivity contribution in [2.45, 2.75) is 6.17 Å². The quantitative estimate of drug-likeness (QED) is 0.619. The zero-order valence-corrected chi connectivity index (χ0v) is 9.39. The van der Waals surface area contributed by atoms with Crippen molar-refractivity contribution in [3.63, 3.8) is 0 Å². The van der Waals surface area contributed by atoms with Crippen LogP contribution in [0.15, 0.2) is 11.9 Å². The lowest BCUT2D eigenvalue weighted by Gasteiger charge is -2.31. The van der Waals surface area contributed by atoms with Crippen molar-refractivity contribution in [1.29, 1.82) is 0 Å². The van der Waals surface area contributed by atoms with Crippen molar-refractivity contribution < 1.29 is 0 Å². The highest BCUT2D eigenvalue weighted by atomic mass is 35.5. The van der Waals surface area contributed by atoms with E-state index >= 15 is 0 Å². The van der Waals surface area contributed by atoms with Crippen molar-refractivity contribution in [2.75, 3.05) is 13.3 Å². The fourth-order valence-electron chi connectivity index (χ4n) is 1.35. The molecule has 1 fully saturated rings. The molecule has 2 rings (SSSR count). The summed E-state index contributed by atoms with van der Waals surface area (Å²) >= 11 is 23.5. The van der Waals surface area contributed by atoms with Crippen LogP contribution in [0.25, 0.3) is 0 Å². The first-order valence-corrected chi connectivity index (χ1v) is 4.87. The van der Waals surface area contributed by atoms with E-state index in [0.29, 0.717) is 13.3 Å². The summed E-state index contributed by atoms with van der Waals surface area (Å²) in [6.07, 6.45) is 1.50. The number of rotatable bonds is 0. The minimum Gasteiger partial charge on any atom is -0.275 e. The summed E-state index contributed by atoms with van der Waals surface area (Å²) in [5.41, 5.74) is 0.771. The molecule has 0 bridgehead atoms. The van der Waals surface area contributed by atoms with E-state index in [1.165, 1.54) is 17.7 Å². The van der Waals surface area contributed by atoms with Gasteiger partial charge in [0.2, 0.25) is 0 Å². The molecule has 0 amide bonds. The second-order valence-electron chi connectivity index (χ2n) is 2.77. The van der Waals surface area contributed by atoms with Crippen LogP contribution in [0.3, 0.4) is 0 Å². The first-order valence-electron chi connectivity index (χ1n) is 3.52. The van der Waals surface area contributed by atoms with Crippen molar-refractivity contribution >= 4 is 47.1 Å². The molecule has 13 heavy (non-hydrogen) atoms. The summed E-state index contributed by atoms with van der Waals surface area (Å²) in [6, 6.07) is 0. The molecule has 0 N–H and O–H groups in total. The van der Waals surface area contributed by atoms with Gasteiger partial charge < -0.3 is 0 Å². The Hall–Kier alpha value is 0.420. The van der Waals surface area contributed by atoms with Gasteiger partial charge in [0.05, 0.1) is 5.70 Å². The van der Waals surface area contributed by atoms with Crippen LogP contribution in [0.1, 0.15) is 0 Å². The third-order valence-corrected chi connectivity index (χ3v) is 2.97. The summed E-state index contributed by atoms with van der Waals surface area (Å²) < 4.78 is 5.89. The molecule has 0 aliphatic carbocycles. The minimum atomic E-state index is -0.212. The number of halogens is 4. The lowest BCUT2D eigenvalue weighted by atomic mass is 10.3. The zero-order valence-electron chi connectivity index (χ0n) is 6.37. The molecule has 0 spiro atoms. The Morgan fingerprint density at radius 3 is 2.38 bits per heavy atom. The highest BCUT2D eigenvalue weighted by Crippen LogP contribution is 2.34. The Bertz CT molecular complexity index is 247. The first kappa shape index (κ1) is 9.96. The molecule has 2 aliphatic heterocycles. The lowest BCUT2D eigenvalue weighted by Crippen LogP contribution is -2.42. The van der Waals surface area contributed by atoms with E-state index in [4.69, 9.17) is 47.1 Å². The number of fused-ring (bicyclic) bond motifs is 1. The van der Waals surface area contributed by atoms with E-state index < -0.39 is 0 Å². The van der Waals surface area contributed by atoms with Crippen molar-refractivity contribution in [1.82, 2.24) is 17.7 Å². The SMILES string of the molecule is ClN1C=C2C(N(Cl)C1)N(Cl)CN2Cl. The predicted molar refractivity (Wildman–Crippen MR) is 52.4 cm³/mol. The van der Waals surface area contributed by atoms with Gasteiger partial charge in [0.25, 0.3) is 0 Å². The smallest absolute Gasteiger partial charge is 0.138 e. The van der Waals surface area contributed by atoms with E-state index in [-0.39, 0.29) is 6.17 Å². The summed E-state index contributed by atoms with van der Waals surface area (Å²) in [6.45, 7) is 0.804. The average Bonchev–Trinajstić information content (AvgIpc) is 2.27. The van der Waals surface area contributed by atoms with Gasteiger partial charge in [-0.05, 0) is 23.6 Å². The Labute approximate surface area is 96.2 Å². The molecular weight excluding hydrogens is 258 g/mol. The molecule has 0 aromatic heterocycles. The fraction of sp³-hybridized carbons (Fsp3) is 0.600. The molecule has 0 aromatic rings. The van der Waals surface area contributed by atoms with Gasteiger partial charge >= 0.3 is 0 Å². The summed E-state index contributed by atoms with van der Waals surface area (Å²) in [7, 11) is 0. The van der Waals surface area contributed by atoms with Gasteiger partial charge in [0.1, 0.15) is 19.5 Å². The second kappa shape index (κ2) is 3.53. The third kappa shape index (κ3) is 1.67. The van der Waals surface area contributed by atoms with Crippen LogP contribution < -0.4 is 0 Å². The van der Waals surface area contributed by atoms with E-state index in [0.717, 1.165) is 5.70 Å². The zero-order chi connectivity index (χ0) is 9.59. The van der Waals surface area contributed by atoms with Crippen LogP contribution >= 0.6 is 47.1 Å². The van der Waals surface area contributed by atoms with E-state index in [9.17, 15) is 0 Å². The number of hydrogen-bond acceptors (Lipinski definition) is 4. The van der Waals surface area contributed by atoms with Gasteiger partial charge in [-0.25, -0.2) is 0 Å². The van der Waals surface area contributed by atoms with Crippen LogP contribution in [0.2, 0.25) is 0 Å². The van der Waals surface area contributed by atoms with Gasteiger partial charge in [-0.1, -0.05) is 0 Å². The van der Waals surface area contributed by atoms with Crippen molar-refractivity contribution in [3.8, 4) is 0 Å². The minimum absolute atomic E-state index is 0.212. The molecule has 0 radical (unpaired) electrons.